The number of ether oxygens (including phenoxy) is 1. The van der Waals surface area contributed by atoms with Gasteiger partial charge in [0.25, 0.3) is 5.91 Å². The molecular formula is C17H22N2O2. The van der Waals surface area contributed by atoms with Crippen molar-refractivity contribution in [1.29, 1.82) is 0 Å². The predicted octanol–water partition coefficient (Wildman–Crippen LogP) is 2.76. The third kappa shape index (κ3) is 3.34. The Morgan fingerprint density at radius 2 is 1.95 bits per heavy atom. The molecule has 0 aromatic heterocycles. The lowest BCUT2D eigenvalue weighted by Gasteiger charge is -2.20. The molecule has 0 saturated heterocycles. The van der Waals surface area contributed by atoms with Gasteiger partial charge < -0.3 is 15.8 Å². The van der Waals surface area contributed by atoms with Crippen LogP contribution >= 0.6 is 0 Å². The van der Waals surface area contributed by atoms with Crippen LogP contribution in [0, 0.1) is 0 Å². The molecule has 0 bridgehead atoms. The maximum absolute atomic E-state index is 11.9. The minimum absolute atomic E-state index is 0.124. The van der Waals surface area contributed by atoms with Gasteiger partial charge in [0, 0.05) is 23.5 Å². The third-order valence-corrected chi connectivity index (χ3v) is 3.42. The zero-order valence-corrected chi connectivity index (χ0v) is 12.7. The molecule has 0 aliphatic rings. The van der Waals surface area contributed by atoms with E-state index in [0.29, 0.717) is 12.3 Å². The molecule has 112 valence electrons. The van der Waals surface area contributed by atoms with E-state index in [-0.39, 0.29) is 11.9 Å². The highest BCUT2D eigenvalue weighted by Gasteiger charge is 2.18. The Bertz CT molecular complexity index is 638. The second kappa shape index (κ2) is 6.59. The Morgan fingerprint density at radius 1 is 1.24 bits per heavy atom. The molecule has 0 spiro atoms. The Morgan fingerprint density at radius 3 is 2.62 bits per heavy atom. The van der Waals surface area contributed by atoms with Crippen molar-refractivity contribution in [3.05, 3.63) is 42.0 Å². The zero-order valence-electron chi connectivity index (χ0n) is 12.7. The van der Waals surface area contributed by atoms with Crippen LogP contribution in [-0.2, 0) is 4.79 Å². The standard InChI is InChI=1S/C17H22N2O2/c1-4-19-17(20)12(3)21-16-14(11(2)18)10-9-13-7-5-6-8-15(13)16/h5-12H,4,18H2,1-3H3,(H,19,20)/t11-,12?/m0/s1. The first-order valence-electron chi connectivity index (χ1n) is 7.26. The summed E-state index contributed by atoms with van der Waals surface area (Å²) in [6.45, 7) is 6.13. The molecule has 0 radical (unpaired) electrons. The number of likely N-dealkylation sites (N-methyl/N-ethyl adjacent to an activating group) is 1. The number of nitrogens with two attached hydrogens (primary N) is 1. The van der Waals surface area contributed by atoms with E-state index >= 15 is 0 Å². The second-order valence-electron chi connectivity index (χ2n) is 5.15. The number of hydrogen-bond donors (Lipinski definition) is 2. The number of nitrogens with one attached hydrogen (secondary N) is 1. The quantitative estimate of drug-likeness (QED) is 0.888. The van der Waals surface area contributed by atoms with Crippen LogP contribution in [0.25, 0.3) is 10.8 Å². The molecule has 21 heavy (non-hydrogen) atoms. The SMILES string of the molecule is CCNC(=O)C(C)Oc1c([C@H](C)N)ccc2ccccc12. The van der Waals surface area contributed by atoms with Gasteiger partial charge in [-0.2, -0.15) is 0 Å². The van der Waals surface area contributed by atoms with Gasteiger partial charge in [-0.1, -0.05) is 36.4 Å². The topological polar surface area (TPSA) is 64.3 Å². The lowest BCUT2D eigenvalue weighted by atomic mass is 10.0. The van der Waals surface area contributed by atoms with E-state index in [1.165, 1.54) is 0 Å². The summed E-state index contributed by atoms with van der Waals surface area (Å²) in [5, 5.41) is 4.81. The molecule has 0 aliphatic heterocycles. The number of benzene rings is 2. The van der Waals surface area contributed by atoms with Crippen molar-refractivity contribution in [3.8, 4) is 5.75 Å². The normalized spacial score (nSPS) is 13.7. The molecule has 4 heteroatoms. The smallest absolute Gasteiger partial charge is 0.260 e. The number of fused-ring (bicyclic) bond motifs is 1. The summed E-state index contributed by atoms with van der Waals surface area (Å²) < 4.78 is 5.94. The number of amides is 1. The van der Waals surface area contributed by atoms with Crippen LogP contribution in [-0.4, -0.2) is 18.6 Å². The summed E-state index contributed by atoms with van der Waals surface area (Å²) in [5.41, 5.74) is 6.94. The van der Waals surface area contributed by atoms with E-state index in [2.05, 4.69) is 5.32 Å². The van der Waals surface area contributed by atoms with Crippen molar-refractivity contribution < 1.29 is 9.53 Å². The van der Waals surface area contributed by atoms with Crippen LogP contribution in [0.1, 0.15) is 32.4 Å². The van der Waals surface area contributed by atoms with Crippen LogP contribution in [0.2, 0.25) is 0 Å². The third-order valence-electron chi connectivity index (χ3n) is 3.42. The number of carbonyl (C=O) groups is 1. The van der Waals surface area contributed by atoms with Gasteiger partial charge in [0.1, 0.15) is 5.75 Å². The van der Waals surface area contributed by atoms with E-state index in [0.717, 1.165) is 16.3 Å². The molecule has 2 aromatic rings. The van der Waals surface area contributed by atoms with Gasteiger partial charge in [0.05, 0.1) is 0 Å². The molecular weight excluding hydrogens is 264 g/mol. The Labute approximate surface area is 125 Å². The predicted molar refractivity (Wildman–Crippen MR) is 85.3 cm³/mol. The average Bonchev–Trinajstić information content (AvgIpc) is 2.47. The van der Waals surface area contributed by atoms with Gasteiger partial charge in [-0.05, 0) is 26.2 Å². The largest absolute Gasteiger partial charge is 0.480 e. The fourth-order valence-electron chi connectivity index (χ4n) is 2.30. The molecule has 3 N–H and O–H groups in total. The van der Waals surface area contributed by atoms with Crippen molar-refractivity contribution in [1.82, 2.24) is 5.32 Å². The zero-order chi connectivity index (χ0) is 15.4. The fraction of sp³-hybridized carbons (Fsp3) is 0.353. The highest BCUT2D eigenvalue weighted by atomic mass is 16.5. The summed E-state index contributed by atoms with van der Waals surface area (Å²) in [6.07, 6.45) is -0.562. The van der Waals surface area contributed by atoms with Gasteiger partial charge in [-0.3, -0.25) is 4.79 Å². The van der Waals surface area contributed by atoms with E-state index < -0.39 is 6.10 Å². The summed E-state index contributed by atoms with van der Waals surface area (Å²) >= 11 is 0. The molecule has 0 saturated carbocycles. The molecule has 1 amide bonds. The summed E-state index contributed by atoms with van der Waals surface area (Å²) in [7, 11) is 0. The summed E-state index contributed by atoms with van der Waals surface area (Å²) in [5.74, 6) is 0.572. The van der Waals surface area contributed by atoms with E-state index in [4.69, 9.17) is 10.5 Å². The maximum Gasteiger partial charge on any atom is 0.260 e. The first-order valence-corrected chi connectivity index (χ1v) is 7.26. The van der Waals surface area contributed by atoms with Gasteiger partial charge >= 0.3 is 0 Å². The highest BCUT2D eigenvalue weighted by Crippen LogP contribution is 2.33. The highest BCUT2D eigenvalue weighted by molar-refractivity contribution is 5.90. The van der Waals surface area contributed by atoms with Crippen LogP contribution < -0.4 is 15.8 Å². The molecule has 0 heterocycles. The van der Waals surface area contributed by atoms with Crippen LogP contribution in [0.5, 0.6) is 5.75 Å². The molecule has 0 fully saturated rings. The molecule has 4 nitrogen and oxygen atoms in total. The number of rotatable bonds is 5. The molecule has 2 atom stereocenters. The first-order chi connectivity index (χ1) is 10.0. The Hall–Kier alpha value is -2.07. The van der Waals surface area contributed by atoms with E-state index in [1.54, 1.807) is 6.92 Å². The minimum Gasteiger partial charge on any atom is -0.480 e. The molecule has 0 aliphatic carbocycles. The summed E-state index contributed by atoms with van der Waals surface area (Å²) in [4.78, 5) is 11.9. The lowest BCUT2D eigenvalue weighted by molar-refractivity contribution is -0.127. The van der Waals surface area contributed by atoms with Crippen LogP contribution in [0.15, 0.2) is 36.4 Å². The Balaban J connectivity index is 2.44. The fourth-order valence-corrected chi connectivity index (χ4v) is 2.30. The van der Waals surface area contributed by atoms with Gasteiger partial charge in [-0.25, -0.2) is 0 Å². The van der Waals surface area contributed by atoms with Gasteiger partial charge in [-0.15, -0.1) is 0 Å². The van der Waals surface area contributed by atoms with Gasteiger partial charge in [0.15, 0.2) is 6.10 Å². The monoisotopic (exact) mass is 286 g/mol. The maximum atomic E-state index is 11.9. The first kappa shape index (κ1) is 15.3. The Kier molecular flexibility index (Phi) is 4.81. The van der Waals surface area contributed by atoms with Crippen LogP contribution in [0.4, 0.5) is 0 Å². The number of carbonyl (C=O) groups excluding carboxylic acids is 1. The van der Waals surface area contributed by atoms with Crippen molar-refractivity contribution in [2.45, 2.75) is 32.9 Å². The van der Waals surface area contributed by atoms with E-state index in [1.807, 2.05) is 50.2 Å². The number of hydrogen-bond acceptors (Lipinski definition) is 3. The van der Waals surface area contributed by atoms with Gasteiger partial charge in [0.2, 0.25) is 0 Å². The molecule has 2 aromatic carbocycles. The second-order valence-corrected chi connectivity index (χ2v) is 5.15. The average molecular weight is 286 g/mol. The van der Waals surface area contributed by atoms with Crippen molar-refractivity contribution in [3.63, 3.8) is 0 Å². The molecule has 2 rings (SSSR count). The van der Waals surface area contributed by atoms with Crippen LogP contribution in [0.3, 0.4) is 0 Å². The van der Waals surface area contributed by atoms with E-state index in [9.17, 15) is 4.79 Å². The van der Waals surface area contributed by atoms with Crippen molar-refractivity contribution in [2.75, 3.05) is 6.54 Å². The van der Waals surface area contributed by atoms with Crippen molar-refractivity contribution in [2.24, 2.45) is 5.73 Å². The summed E-state index contributed by atoms with van der Waals surface area (Å²) in [6, 6.07) is 11.8. The van der Waals surface area contributed by atoms with Crippen molar-refractivity contribution >= 4 is 16.7 Å². The minimum atomic E-state index is -0.562. The molecule has 1 unspecified atom stereocenters. The lowest BCUT2D eigenvalue weighted by Crippen LogP contribution is -2.36.